The number of fused-ring (bicyclic) bond motifs is 2. The number of amides is 1. The molecule has 2 N–H and O–H groups in total. The number of aryl methyl sites for hydroxylation is 1. The summed E-state index contributed by atoms with van der Waals surface area (Å²) in [7, 11) is -3.53. The fraction of sp³-hybridized carbons (Fsp3) is 0.318. The topological polar surface area (TPSA) is 82.3 Å². The fourth-order valence-electron chi connectivity index (χ4n) is 4.56. The summed E-state index contributed by atoms with van der Waals surface area (Å²) in [5.41, 5.74) is 1.96. The van der Waals surface area contributed by atoms with Crippen molar-refractivity contribution in [2.75, 3.05) is 13.1 Å². The molecule has 0 unspecified atom stereocenters. The third kappa shape index (κ3) is 3.20. The zero-order valence-electron chi connectivity index (χ0n) is 16.4. The van der Waals surface area contributed by atoms with Crippen LogP contribution < -0.4 is 5.32 Å². The summed E-state index contributed by atoms with van der Waals surface area (Å²) < 4.78 is 40.8. The summed E-state index contributed by atoms with van der Waals surface area (Å²) in [4.78, 5) is 15.9. The van der Waals surface area contributed by atoms with Crippen molar-refractivity contribution in [3.63, 3.8) is 0 Å². The number of benzene rings is 2. The highest BCUT2D eigenvalue weighted by Gasteiger charge is 2.50. The molecular formula is C22H22FN3O3S. The number of halogens is 1. The molecule has 2 heterocycles. The second kappa shape index (κ2) is 6.92. The standard InChI is InChI=1S/C22H22FN3O3S/c1-13-2-6-17(7-3-13)30(28,29)26-11-15-9-20(18(15)12-26)25-22(27)21-8-14-4-5-16(23)10-19(14)24-21/h2-8,10,15,18,20,24H,9,11-12H2,1H3,(H,25,27)/t15-,18+,20+/m1/s1. The van der Waals surface area contributed by atoms with Gasteiger partial charge in [-0.25, -0.2) is 12.8 Å². The molecule has 3 atom stereocenters. The van der Waals surface area contributed by atoms with Crippen LogP contribution in [0.25, 0.3) is 10.9 Å². The maximum absolute atomic E-state index is 13.4. The lowest BCUT2D eigenvalue weighted by Crippen LogP contribution is -2.52. The predicted octanol–water partition coefficient (Wildman–Crippen LogP) is 3.05. The number of nitrogens with zero attached hydrogens (tertiary/aromatic N) is 1. The highest BCUT2D eigenvalue weighted by Crippen LogP contribution is 2.42. The molecule has 30 heavy (non-hydrogen) atoms. The molecule has 156 valence electrons. The summed E-state index contributed by atoms with van der Waals surface area (Å²) in [6, 6.07) is 12.9. The van der Waals surface area contributed by atoms with E-state index in [9.17, 15) is 17.6 Å². The number of carbonyl (C=O) groups is 1. The van der Waals surface area contributed by atoms with Gasteiger partial charge in [-0.15, -0.1) is 0 Å². The van der Waals surface area contributed by atoms with Crippen molar-refractivity contribution in [2.24, 2.45) is 11.8 Å². The minimum atomic E-state index is -3.53. The molecule has 2 aliphatic rings. The number of H-pyrrole nitrogens is 1. The number of rotatable bonds is 4. The van der Waals surface area contributed by atoms with Gasteiger partial charge in [0.05, 0.1) is 4.90 Å². The molecule has 1 aliphatic carbocycles. The molecule has 5 rings (SSSR count). The van der Waals surface area contributed by atoms with Crippen LogP contribution in [0, 0.1) is 24.6 Å². The van der Waals surface area contributed by atoms with E-state index in [0.29, 0.717) is 29.2 Å². The van der Waals surface area contributed by atoms with Gasteiger partial charge in [0.1, 0.15) is 11.5 Å². The Morgan fingerprint density at radius 1 is 1.13 bits per heavy atom. The SMILES string of the molecule is Cc1ccc(S(=O)(=O)N2C[C@H]3C[C@H](NC(=O)c4cc5ccc(F)cc5[nH]4)[C@H]3C2)cc1. The smallest absolute Gasteiger partial charge is 0.267 e. The summed E-state index contributed by atoms with van der Waals surface area (Å²) >= 11 is 0. The molecule has 1 saturated carbocycles. The molecule has 1 amide bonds. The molecule has 1 aliphatic heterocycles. The maximum atomic E-state index is 13.4. The van der Waals surface area contributed by atoms with E-state index in [1.807, 2.05) is 6.92 Å². The Labute approximate surface area is 174 Å². The Hall–Kier alpha value is -2.71. The molecule has 2 fully saturated rings. The minimum absolute atomic E-state index is 0.0659. The number of hydrogen-bond donors (Lipinski definition) is 2. The lowest BCUT2D eigenvalue weighted by Gasteiger charge is -2.39. The van der Waals surface area contributed by atoms with Gasteiger partial charge in [0.15, 0.2) is 0 Å². The Kier molecular flexibility index (Phi) is 4.44. The number of sulfonamides is 1. The molecule has 1 saturated heterocycles. The number of hydrogen-bond acceptors (Lipinski definition) is 3. The van der Waals surface area contributed by atoms with Crippen LogP contribution >= 0.6 is 0 Å². The second-order valence-corrected chi connectivity index (χ2v) is 10.2. The van der Waals surface area contributed by atoms with Gasteiger partial charge in [-0.1, -0.05) is 17.7 Å². The van der Waals surface area contributed by atoms with Crippen molar-refractivity contribution in [2.45, 2.75) is 24.3 Å². The van der Waals surface area contributed by atoms with Gasteiger partial charge >= 0.3 is 0 Å². The van der Waals surface area contributed by atoms with Crippen LogP contribution in [-0.4, -0.2) is 42.7 Å². The van der Waals surface area contributed by atoms with Crippen molar-refractivity contribution in [1.82, 2.24) is 14.6 Å². The Morgan fingerprint density at radius 3 is 2.67 bits per heavy atom. The van der Waals surface area contributed by atoms with Gasteiger partial charge in [0, 0.05) is 30.0 Å². The van der Waals surface area contributed by atoms with E-state index in [1.54, 1.807) is 36.4 Å². The van der Waals surface area contributed by atoms with E-state index >= 15 is 0 Å². The van der Waals surface area contributed by atoms with E-state index in [1.165, 1.54) is 16.4 Å². The lowest BCUT2D eigenvalue weighted by molar-refractivity contribution is 0.0828. The highest BCUT2D eigenvalue weighted by molar-refractivity contribution is 7.89. The van der Waals surface area contributed by atoms with Crippen LogP contribution in [0.1, 0.15) is 22.5 Å². The zero-order valence-corrected chi connectivity index (χ0v) is 17.2. The number of aromatic amines is 1. The van der Waals surface area contributed by atoms with Crippen molar-refractivity contribution in [3.05, 3.63) is 65.6 Å². The maximum Gasteiger partial charge on any atom is 0.267 e. The Balaban J connectivity index is 1.27. The molecule has 1 aromatic heterocycles. The minimum Gasteiger partial charge on any atom is -0.350 e. The van der Waals surface area contributed by atoms with Crippen LogP contribution in [-0.2, 0) is 10.0 Å². The third-order valence-corrected chi connectivity index (χ3v) is 8.18. The molecule has 0 spiro atoms. The molecule has 3 aromatic rings. The number of aromatic nitrogens is 1. The van der Waals surface area contributed by atoms with Crippen LogP contribution in [0.3, 0.4) is 0 Å². The number of nitrogens with one attached hydrogen (secondary N) is 2. The average Bonchev–Trinajstić information content (AvgIpc) is 3.27. The largest absolute Gasteiger partial charge is 0.350 e. The average molecular weight is 428 g/mol. The van der Waals surface area contributed by atoms with Crippen molar-refractivity contribution in [1.29, 1.82) is 0 Å². The van der Waals surface area contributed by atoms with Gasteiger partial charge in [0.2, 0.25) is 10.0 Å². The Morgan fingerprint density at radius 2 is 1.90 bits per heavy atom. The molecule has 8 heteroatoms. The summed E-state index contributed by atoms with van der Waals surface area (Å²) in [5, 5.41) is 3.78. The van der Waals surface area contributed by atoms with Gasteiger partial charge in [-0.2, -0.15) is 4.31 Å². The second-order valence-electron chi connectivity index (χ2n) is 8.29. The van der Waals surface area contributed by atoms with E-state index in [2.05, 4.69) is 10.3 Å². The first-order valence-corrected chi connectivity index (χ1v) is 11.4. The van der Waals surface area contributed by atoms with Crippen molar-refractivity contribution >= 4 is 26.8 Å². The van der Waals surface area contributed by atoms with Crippen LogP contribution in [0.4, 0.5) is 4.39 Å². The molecule has 0 bridgehead atoms. The molecular weight excluding hydrogens is 405 g/mol. The van der Waals surface area contributed by atoms with Crippen molar-refractivity contribution in [3.8, 4) is 0 Å². The molecule has 2 aromatic carbocycles. The van der Waals surface area contributed by atoms with Crippen LogP contribution in [0.15, 0.2) is 53.4 Å². The van der Waals surface area contributed by atoms with E-state index in [0.717, 1.165) is 17.4 Å². The third-order valence-electron chi connectivity index (χ3n) is 6.34. The van der Waals surface area contributed by atoms with Crippen molar-refractivity contribution < 1.29 is 17.6 Å². The van der Waals surface area contributed by atoms with Gasteiger partial charge < -0.3 is 10.3 Å². The summed E-state index contributed by atoms with van der Waals surface area (Å²) in [6.45, 7) is 2.81. The lowest BCUT2D eigenvalue weighted by atomic mass is 9.71. The van der Waals surface area contributed by atoms with Crippen LogP contribution in [0.5, 0.6) is 0 Å². The van der Waals surface area contributed by atoms with Gasteiger partial charge in [-0.3, -0.25) is 4.79 Å². The van der Waals surface area contributed by atoms with Gasteiger partial charge in [-0.05, 0) is 61.6 Å². The van der Waals surface area contributed by atoms with Crippen LogP contribution in [0.2, 0.25) is 0 Å². The summed E-state index contributed by atoms with van der Waals surface area (Å²) in [6.07, 6.45) is 0.755. The summed E-state index contributed by atoms with van der Waals surface area (Å²) in [5.74, 6) is -0.253. The van der Waals surface area contributed by atoms with E-state index in [4.69, 9.17) is 0 Å². The first-order valence-electron chi connectivity index (χ1n) is 9.97. The zero-order chi connectivity index (χ0) is 21.0. The molecule has 0 radical (unpaired) electrons. The first-order chi connectivity index (χ1) is 14.3. The monoisotopic (exact) mass is 427 g/mol. The predicted molar refractivity (Wildman–Crippen MR) is 111 cm³/mol. The Bertz CT molecular complexity index is 1240. The van der Waals surface area contributed by atoms with E-state index < -0.39 is 10.0 Å². The highest BCUT2D eigenvalue weighted by atomic mass is 32.2. The number of carbonyl (C=O) groups excluding carboxylic acids is 1. The normalized spacial score (nSPS) is 23.9. The molecule has 6 nitrogen and oxygen atoms in total. The van der Waals surface area contributed by atoms with Gasteiger partial charge in [0.25, 0.3) is 5.91 Å². The van der Waals surface area contributed by atoms with E-state index in [-0.39, 0.29) is 29.6 Å². The quantitative estimate of drug-likeness (QED) is 0.671. The first kappa shape index (κ1) is 19.3. The fourth-order valence-corrected chi connectivity index (χ4v) is 6.09.